The van der Waals surface area contributed by atoms with Gasteiger partial charge in [0.25, 0.3) is 5.91 Å². The zero-order valence-corrected chi connectivity index (χ0v) is 19.6. The third kappa shape index (κ3) is 3.10. The van der Waals surface area contributed by atoms with Gasteiger partial charge in [-0.25, -0.2) is 0 Å². The van der Waals surface area contributed by atoms with Crippen LogP contribution in [-0.4, -0.2) is 63.1 Å². The number of amides is 1. The van der Waals surface area contributed by atoms with E-state index < -0.39 is 58.0 Å². The average molecular weight is 504 g/mol. The number of phenols is 1. The highest BCUT2D eigenvalue weighted by Gasteiger charge is 2.63. The van der Waals surface area contributed by atoms with Crippen molar-refractivity contribution >= 4 is 34.8 Å². The van der Waals surface area contributed by atoms with Crippen molar-refractivity contribution in [3.8, 4) is 5.75 Å². The summed E-state index contributed by atoms with van der Waals surface area (Å²) in [6.07, 6.45) is 1.96. The van der Waals surface area contributed by atoms with Crippen LogP contribution in [0.1, 0.15) is 42.0 Å². The zero-order chi connectivity index (χ0) is 25.4. The Morgan fingerprint density at radius 3 is 2.60 bits per heavy atom. The number of primary amides is 1. The van der Waals surface area contributed by atoms with Crippen molar-refractivity contribution in [2.24, 2.45) is 17.6 Å². The molecule has 35 heavy (non-hydrogen) atoms. The van der Waals surface area contributed by atoms with Crippen molar-refractivity contribution in [1.82, 2.24) is 10.6 Å². The van der Waals surface area contributed by atoms with Crippen LogP contribution in [0, 0.1) is 11.8 Å². The predicted octanol–water partition coefficient (Wildman–Crippen LogP) is 0.700. The van der Waals surface area contributed by atoms with Gasteiger partial charge in [0.05, 0.1) is 11.6 Å². The summed E-state index contributed by atoms with van der Waals surface area (Å²) in [4.78, 5) is 38.5. The van der Waals surface area contributed by atoms with Gasteiger partial charge in [0.15, 0.2) is 11.4 Å². The van der Waals surface area contributed by atoms with E-state index >= 15 is 0 Å². The maximum Gasteiger partial charge on any atom is 0.255 e. The number of aromatic hydroxyl groups is 1. The molecule has 2 fully saturated rings. The van der Waals surface area contributed by atoms with Crippen LogP contribution >= 0.6 is 11.6 Å². The molecule has 0 aromatic heterocycles. The molecular formula is C24H26ClN3O7. The normalized spacial score (nSPS) is 32.4. The molecular weight excluding hydrogens is 478 g/mol. The highest BCUT2D eigenvalue weighted by atomic mass is 35.5. The Morgan fingerprint density at radius 2 is 2.00 bits per heavy atom. The van der Waals surface area contributed by atoms with E-state index in [1.54, 1.807) is 0 Å². The molecule has 10 nitrogen and oxygen atoms in total. The summed E-state index contributed by atoms with van der Waals surface area (Å²) < 4.78 is 0. The van der Waals surface area contributed by atoms with E-state index in [4.69, 9.17) is 17.3 Å². The van der Waals surface area contributed by atoms with Crippen molar-refractivity contribution in [3.63, 3.8) is 0 Å². The first-order chi connectivity index (χ1) is 16.5. The number of ketones is 2. The molecule has 1 amide bonds. The lowest BCUT2D eigenvalue weighted by molar-refractivity contribution is -0.150. The highest BCUT2D eigenvalue weighted by molar-refractivity contribution is 6.33. The number of aliphatic hydroxyl groups excluding tert-OH is 2. The van der Waals surface area contributed by atoms with Crippen molar-refractivity contribution < 1.29 is 34.8 Å². The molecule has 11 heteroatoms. The fourth-order valence-corrected chi connectivity index (χ4v) is 6.64. The lowest BCUT2D eigenvalue weighted by Crippen LogP contribution is -2.65. The molecule has 4 aliphatic rings. The highest BCUT2D eigenvalue weighted by Crippen LogP contribution is 2.53. The number of rotatable bonds is 3. The van der Waals surface area contributed by atoms with Gasteiger partial charge in [0.1, 0.15) is 22.8 Å². The van der Waals surface area contributed by atoms with E-state index in [1.807, 2.05) is 0 Å². The molecule has 0 bridgehead atoms. The fraction of sp³-hybridized carbons (Fsp3) is 0.458. The van der Waals surface area contributed by atoms with Crippen molar-refractivity contribution in [1.29, 1.82) is 0 Å². The third-order valence-corrected chi connectivity index (χ3v) is 8.35. The predicted molar refractivity (Wildman–Crippen MR) is 125 cm³/mol. The second-order valence-electron chi connectivity index (χ2n) is 9.62. The monoisotopic (exact) mass is 503 g/mol. The molecule has 3 aliphatic carbocycles. The standard InChI is InChI=1S/C24H26ClN3O7/c1-27-18-11-6-8-5-10-15(13(29)7-9(17(10)25)12-3-2-4-28-12)19(30)14(8)21(32)24(11,35)22(33)16(20(18)31)23(26)34/h7-8,11-12,18,27-30,33,35H,2-6H2,1H3,(H2,26,34)/t8-,11-,12?,18-,24-/m0/s1. The number of nitrogens with two attached hydrogens (primary N) is 1. The molecule has 5 atom stereocenters. The quantitative estimate of drug-likeness (QED) is 0.292. The molecule has 1 heterocycles. The molecule has 1 aromatic carbocycles. The summed E-state index contributed by atoms with van der Waals surface area (Å²) in [6, 6.07) is 0.235. The summed E-state index contributed by atoms with van der Waals surface area (Å²) >= 11 is 6.75. The SMILES string of the molecule is CN[C@@H]1C(=O)C(C(N)=O)=C(O)[C@@]2(O)C(=O)C3=C(O)c4c(O)cc(C5CCCN5)c(Cl)c4C[C@H]3C[C@@H]12. The minimum atomic E-state index is -2.66. The second-order valence-corrected chi connectivity index (χ2v) is 10.00. The number of hydrogen-bond donors (Lipinski definition) is 7. The molecule has 186 valence electrons. The van der Waals surface area contributed by atoms with E-state index in [1.165, 1.54) is 13.1 Å². The van der Waals surface area contributed by atoms with Crippen molar-refractivity contribution in [2.75, 3.05) is 13.6 Å². The molecule has 1 saturated heterocycles. The number of aliphatic hydroxyl groups is 3. The number of nitrogens with one attached hydrogen (secondary N) is 2. The molecule has 0 radical (unpaired) electrons. The molecule has 0 spiro atoms. The van der Waals surface area contributed by atoms with E-state index in [9.17, 15) is 34.8 Å². The lowest BCUT2D eigenvalue weighted by atomic mass is 9.57. The van der Waals surface area contributed by atoms with Gasteiger partial charge in [0, 0.05) is 22.6 Å². The first-order valence-corrected chi connectivity index (χ1v) is 11.8. The summed E-state index contributed by atoms with van der Waals surface area (Å²) in [5.41, 5.74) is 2.73. The maximum absolute atomic E-state index is 13.7. The van der Waals surface area contributed by atoms with Gasteiger partial charge >= 0.3 is 0 Å². The van der Waals surface area contributed by atoms with Crippen LogP contribution in [0.3, 0.4) is 0 Å². The Kier molecular flexibility index (Phi) is 5.48. The van der Waals surface area contributed by atoms with Gasteiger partial charge in [-0.1, -0.05) is 11.6 Å². The smallest absolute Gasteiger partial charge is 0.255 e. The molecule has 1 unspecified atom stereocenters. The molecule has 8 N–H and O–H groups in total. The summed E-state index contributed by atoms with van der Waals surface area (Å²) in [5.74, 6) is -6.87. The van der Waals surface area contributed by atoms with Crippen LogP contribution in [0.15, 0.2) is 23.0 Å². The van der Waals surface area contributed by atoms with Crippen LogP contribution in [0.25, 0.3) is 5.76 Å². The van der Waals surface area contributed by atoms with E-state index in [-0.39, 0.29) is 35.8 Å². The Labute approximate surface area is 205 Å². The Morgan fingerprint density at radius 1 is 1.29 bits per heavy atom. The summed E-state index contributed by atoms with van der Waals surface area (Å²) in [6.45, 7) is 0.815. The Balaban J connectivity index is 1.70. The first kappa shape index (κ1) is 23.8. The lowest BCUT2D eigenvalue weighted by Gasteiger charge is -2.48. The number of likely N-dealkylation sites (N-methyl/N-ethyl adjacent to an activating group) is 1. The zero-order valence-electron chi connectivity index (χ0n) is 18.9. The van der Waals surface area contributed by atoms with E-state index in [0.29, 0.717) is 16.1 Å². The molecule has 1 aromatic rings. The summed E-state index contributed by atoms with van der Waals surface area (Å²) in [7, 11) is 1.43. The average Bonchev–Trinajstić information content (AvgIpc) is 3.33. The Hall–Kier alpha value is -2.92. The van der Waals surface area contributed by atoms with Gasteiger partial charge in [-0.15, -0.1) is 0 Å². The van der Waals surface area contributed by atoms with E-state index in [0.717, 1.165) is 19.4 Å². The maximum atomic E-state index is 13.7. The van der Waals surface area contributed by atoms with Gasteiger partial charge in [-0.3, -0.25) is 14.4 Å². The van der Waals surface area contributed by atoms with Crippen LogP contribution in [0.4, 0.5) is 0 Å². The number of carbonyl (C=O) groups is 3. The largest absolute Gasteiger partial charge is 0.508 e. The second kappa shape index (κ2) is 8.06. The number of Topliss-reactive ketones (excluding diaryl/α,β-unsaturated/α-hetero) is 2. The van der Waals surface area contributed by atoms with Crippen molar-refractivity contribution in [3.05, 3.63) is 44.7 Å². The summed E-state index contributed by atoms with van der Waals surface area (Å²) in [5, 5.41) is 50.7. The number of halogens is 1. The number of fused-ring (bicyclic) bond motifs is 3. The Bertz CT molecular complexity index is 1250. The van der Waals surface area contributed by atoms with E-state index in [2.05, 4.69) is 10.6 Å². The molecule has 1 saturated carbocycles. The fourth-order valence-electron chi connectivity index (χ4n) is 6.28. The topological polar surface area (TPSA) is 182 Å². The van der Waals surface area contributed by atoms with Crippen molar-refractivity contribution in [2.45, 2.75) is 43.4 Å². The van der Waals surface area contributed by atoms with Gasteiger partial charge < -0.3 is 36.8 Å². The van der Waals surface area contributed by atoms with Gasteiger partial charge in [-0.2, -0.15) is 0 Å². The minimum Gasteiger partial charge on any atom is -0.508 e. The van der Waals surface area contributed by atoms with Crippen LogP contribution in [0.2, 0.25) is 5.02 Å². The van der Waals surface area contributed by atoms with Gasteiger partial charge in [0.2, 0.25) is 5.78 Å². The minimum absolute atomic E-state index is 0.00552. The number of hydrogen-bond acceptors (Lipinski definition) is 9. The number of carbonyl (C=O) groups excluding carboxylic acids is 3. The van der Waals surface area contributed by atoms with Gasteiger partial charge in [-0.05, 0) is 62.4 Å². The van der Waals surface area contributed by atoms with Crippen LogP contribution in [0.5, 0.6) is 5.75 Å². The number of benzene rings is 1. The van der Waals surface area contributed by atoms with Crippen LogP contribution < -0.4 is 16.4 Å². The first-order valence-electron chi connectivity index (χ1n) is 11.5. The molecule has 1 aliphatic heterocycles. The molecule has 5 rings (SSSR count). The third-order valence-electron chi connectivity index (χ3n) is 7.91. The van der Waals surface area contributed by atoms with Crippen LogP contribution in [-0.2, 0) is 20.8 Å². The number of phenolic OH excluding ortho intramolecular Hbond substituents is 1.